The van der Waals surface area contributed by atoms with Gasteiger partial charge < -0.3 is 9.84 Å². The number of carboxylic acids is 1. The van der Waals surface area contributed by atoms with E-state index in [1.165, 1.54) is 7.11 Å². The number of aliphatic carboxylic acids is 1. The summed E-state index contributed by atoms with van der Waals surface area (Å²) in [6.45, 7) is 5.54. The Kier molecular flexibility index (Phi) is 3.52. The number of carboxylic acid groups (broad SMARTS) is 1. The molecule has 11 heavy (non-hydrogen) atoms. The first-order chi connectivity index (χ1) is 4.92. The highest BCUT2D eigenvalue weighted by Gasteiger charge is 2.33. The van der Waals surface area contributed by atoms with Gasteiger partial charge in [-0.1, -0.05) is 13.8 Å². The first-order valence-corrected chi connectivity index (χ1v) is 3.71. The molecule has 0 bridgehead atoms. The predicted octanol–water partition coefficient (Wildman–Crippen LogP) is 1.52. The number of hydrogen-bond donors (Lipinski definition) is 1. The largest absolute Gasteiger partial charge is 0.479 e. The first-order valence-electron chi connectivity index (χ1n) is 3.71. The maximum atomic E-state index is 10.7. The highest BCUT2D eigenvalue weighted by Crippen LogP contribution is 2.19. The summed E-state index contributed by atoms with van der Waals surface area (Å²) in [6.07, 6.45) is 0.541. The van der Waals surface area contributed by atoms with E-state index in [1.54, 1.807) is 6.92 Å². The topological polar surface area (TPSA) is 46.5 Å². The Morgan fingerprint density at radius 1 is 1.64 bits per heavy atom. The molecule has 0 radical (unpaired) electrons. The molecule has 0 aliphatic rings. The van der Waals surface area contributed by atoms with Gasteiger partial charge in [0.2, 0.25) is 0 Å². The molecule has 0 spiro atoms. The molecule has 3 nitrogen and oxygen atoms in total. The fourth-order valence-corrected chi connectivity index (χ4v) is 1.04. The van der Waals surface area contributed by atoms with Gasteiger partial charge in [0.05, 0.1) is 0 Å². The van der Waals surface area contributed by atoms with Crippen molar-refractivity contribution in [2.24, 2.45) is 5.92 Å². The van der Waals surface area contributed by atoms with E-state index < -0.39 is 11.6 Å². The molecule has 0 aromatic rings. The summed E-state index contributed by atoms with van der Waals surface area (Å²) in [7, 11) is 1.43. The van der Waals surface area contributed by atoms with Crippen LogP contribution in [0.25, 0.3) is 0 Å². The van der Waals surface area contributed by atoms with Crippen molar-refractivity contribution in [1.29, 1.82) is 0 Å². The maximum Gasteiger partial charge on any atom is 0.335 e. The van der Waals surface area contributed by atoms with E-state index >= 15 is 0 Å². The van der Waals surface area contributed by atoms with Crippen LogP contribution in [0.3, 0.4) is 0 Å². The Hall–Kier alpha value is -0.570. The molecule has 0 saturated carbocycles. The molecule has 1 unspecified atom stereocenters. The minimum atomic E-state index is -1.02. The van der Waals surface area contributed by atoms with Gasteiger partial charge in [-0.2, -0.15) is 0 Å². The Morgan fingerprint density at radius 2 is 2.09 bits per heavy atom. The van der Waals surface area contributed by atoms with Crippen molar-refractivity contribution in [1.82, 2.24) is 0 Å². The van der Waals surface area contributed by atoms with Crippen LogP contribution < -0.4 is 0 Å². The van der Waals surface area contributed by atoms with Crippen LogP contribution in [-0.4, -0.2) is 23.8 Å². The molecule has 0 rings (SSSR count). The van der Waals surface area contributed by atoms with Crippen molar-refractivity contribution >= 4 is 5.97 Å². The summed E-state index contributed by atoms with van der Waals surface area (Å²) in [6, 6.07) is 0. The number of ether oxygens (including phenoxy) is 1. The molecular formula is C8H16O3. The van der Waals surface area contributed by atoms with E-state index in [2.05, 4.69) is 0 Å². The van der Waals surface area contributed by atoms with Gasteiger partial charge in [-0.3, -0.25) is 0 Å². The van der Waals surface area contributed by atoms with Gasteiger partial charge in [0.1, 0.15) is 0 Å². The fraction of sp³-hybridized carbons (Fsp3) is 0.875. The van der Waals surface area contributed by atoms with Gasteiger partial charge in [-0.05, 0) is 19.3 Å². The quantitative estimate of drug-likeness (QED) is 0.678. The molecule has 3 heteroatoms. The van der Waals surface area contributed by atoms with Crippen molar-refractivity contribution in [3.05, 3.63) is 0 Å². The van der Waals surface area contributed by atoms with Crippen molar-refractivity contribution < 1.29 is 14.6 Å². The molecule has 0 aliphatic carbocycles. The average Bonchev–Trinajstić information content (AvgIpc) is 1.86. The Bertz CT molecular complexity index is 142. The monoisotopic (exact) mass is 160 g/mol. The number of methoxy groups -OCH3 is 1. The van der Waals surface area contributed by atoms with E-state index in [4.69, 9.17) is 9.84 Å². The molecular weight excluding hydrogens is 144 g/mol. The molecule has 0 aromatic carbocycles. The summed E-state index contributed by atoms with van der Waals surface area (Å²) in [4.78, 5) is 10.7. The Balaban J connectivity index is 4.22. The first kappa shape index (κ1) is 10.4. The molecule has 0 aromatic heterocycles. The van der Waals surface area contributed by atoms with Crippen LogP contribution in [0, 0.1) is 5.92 Å². The lowest BCUT2D eigenvalue weighted by atomic mass is 9.94. The lowest BCUT2D eigenvalue weighted by Crippen LogP contribution is -2.38. The highest BCUT2D eigenvalue weighted by molar-refractivity contribution is 5.76. The van der Waals surface area contributed by atoms with Gasteiger partial charge in [-0.15, -0.1) is 0 Å². The average molecular weight is 160 g/mol. The van der Waals surface area contributed by atoms with Crippen molar-refractivity contribution in [3.8, 4) is 0 Å². The summed E-state index contributed by atoms with van der Waals surface area (Å²) >= 11 is 0. The fourth-order valence-electron chi connectivity index (χ4n) is 1.04. The second kappa shape index (κ2) is 3.72. The third-order valence-electron chi connectivity index (χ3n) is 1.70. The maximum absolute atomic E-state index is 10.7. The van der Waals surface area contributed by atoms with Crippen molar-refractivity contribution in [3.63, 3.8) is 0 Å². The molecule has 66 valence electrons. The molecule has 0 aliphatic heterocycles. The lowest BCUT2D eigenvalue weighted by molar-refractivity contribution is -0.161. The lowest BCUT2D eigenvalue weighted by Gasteiger charge is -2.24. The van der Waals surface area contributed by atoms with Crippen LogP contribution in [0.1, 0.15) is 27.2 Å². The summed E-state index contributed by atoms with van der Waals surface area (Å²) < 4.78 is 4.91. The molecule has 0 saturated heterocycles. The van der Waals surface area contributed by atoms with E-state index in [-0.39, 0.29) is 0 Å². The summed E-state index contributed by atoms with van der Waals surface area (Å²) in [5.41, 5.74) is -1.02. The number of rotatable bonds is 4. The molecule has 0 fully saturated rings. The van der Waals surface area contributed by atoms with Gasteiger partial charge >= 0.3 is 5.97 Å². The van der Waals surface area contributed by atoms with Crippen LogP contribution in [-0.2, 0) is 9.53 Å². The summed E-state index contributed by atoms with van der Waals surface area (Å²) in [5, 5.41) is 8.76. The number of carbonyl (C=O) groups is 1. The highest BCUT2D eigenvalue weighted by atomic mass is 16.5. The molecule has 0 amide bonds. The van der Waals surface area contributed by atoms with Crippen LogP contribution in [0.15, 0.2) is 0 Å². The zero-order chi connectivity index (χ0) is 9.07. The summed E-state index contributed by atoms with van der Waals surface area (Å²) in [5.74, 6) is -0.565. The van der Waals surface area contributed by atoms with E-state index in [0.29, 0.717) is 12.3 Å². The van der Waals surface area contributed by atoms with Crippen molar-refractivity contribution in [2.45, 2.75) is 32.8 Å². The predicted molar refractivity (Wildman–Crippen MR) is 42.5 cm³/mol. The zero-order valence-electron chi connectivity index (χ0n) is 7.55. The van der Waals surface area contributed by atoms with Crippen LogP contribution >= 0.6 is 0 Å². The minimum Gasteiger partial charge on any atom is -0.479 e. The van der Waals surface area contributed by atoms with Gasteiger partial charge in [0, 0.05) is 7.11 Å². The smallest absolute Gasteiger partial charge is 0.335 e. The van der Waals surface area contributed by atoms with E-state index in [1.807, 2.05) is 13.8 Å². The molecule has 1 atom stereocenters. The van der Waals surface area contributed by atoms with Crippen LogP contribution in [0.5, 0.6) is 0 Å². The second-order valence-corrected chi connectivity index (χ2v) is 3.34. The van der Waals surface area contributed by atoms with Crippen molar-refractivity contribution in [2.75, 3.05) is 7.11 Å². The zero-order valence-corrected chi connectivity index (χ0v) is 7.55. The van der Waals surface area contributed by atoms with Gasteiger partial charge in [-0.25, -0.2) is 4.79 Å². The van der Waals surface area contributed by atoms with Crippen LogP contribution in [0.4, 0.5) is 0 Å². The third kappa shape index (κ3) is 2.89. The van der Waals surface area contributed by atoms with E-state index in [9.17, 15) is 4.79 Å². The Morgan fingerprint density at radius 3 is 2.18 bits per heavy atom. The van der Waals surface area contributed by atoms with E-state index in [0.717, 1.165) is 0 Å². The van der Waals surface area contributed by atoms with Crippen LogP contribution in [0.2, 0.25) is 0 Å². The second-order valence-electron chi connectivity index (χ2n) is 3.34. The normalized spacial score (nSPS) is 16.5. The Labute approximate surface area is 67.4 Å². The minimum absolute atomic E-state index is 0.330. The molecule has 0 heterocycles. The SMILES string of the molecule is COC(C)(CC(C)C)C(=O)O. The van der Waals surface area contributed by atoms with Gasteiger partial charge in [0.25, 0.3) is 0 Å². The third-order valence-corrected chi connectivity index (χ3v) is 1.70. The standard InChI is InChI=1S/C8H16O3/c1-6(2)5-8(3,11-4)7(9)10/h6H,5H2,1-4H3,(H,9,10). The number of hydrogen-bond acceptors (Lipinski definition) is 2. The molecule has 1 N–H and O–H groups in total. The van der Waals surface area contributed by atoms with Gasteiger partial charge in [0.15, 0.2) is 5.60 Å².